The van der Waals surface area contributed by atoms with Crippen LogP contribution in [-0.4, -0.2) is 24.2 Å². The van der Waals surface area contributed by atoms with E-state index in [9.17, 15) is 4.79 Å². The molecule has 0 heterocycles. The molecule has 1 saturated carbocycles. The van der Waals surface area contributed by atoms with Gasteiger partial charge >= 0.3 is 5.97 Å². The van der Waals surface area contributed by atoms with Crippen molar-refractivity contribution in [2.45, 2.75) is 44.6 Å². The Bertz CT molecular complexity index is 164. The highest BCUT2D eigenvalue weighted by Crippen LogP contribution is 2.28. The molecule has 0 aromatic carbocycles. The minimum atomic E-state index is -0.722. The average Bonchev–Trinajstić information content (AvgIpc) is 2.57. The SMILES string of the molecule is CN[C@H](CCC1CCCC1)C(=O)O. The number of likely N-dealkylation sites (N-methyl/N-ethyl adjacent to an activating group) is 1. The van der Waals surface area contributed by atoms with Gasteiger partial charge in [-0.1, -0.05) is 25.7 Å². The maximum absolute atomic E-state index is 10.7. The van der Waals surface area contributed by atoms with E-state index in [-0.39, 0.29) is 6.04 Å². The van der Waals surface area contributed by atoms with Gasteiger partial charge in [-0.3, -0.25) is 4.79 Å². The molecule has 0 aromatic heterocycles. The molecule has 0 aromatic rings. The first kappa shape index (κ1) is 10.5. The predicted molar refractivity (Wildman–Crippen MR) is 51.7 cm³/mol. The van der Waals surface area contributed by atoms with E-state index in [0.717, 1.165) is 18.8 Å². The van der Waals surface area contributed by atoms with Crippen LogP contribution in [0.4, 0.5) is 0 Å². The largest absolute Gasteiger partial charge is 0.480 e. The highest BCUT2D eigenvalue weighted by Gasteiger charge is 2.19. The second-order valence-electron chi connectivity index (χ2n) is 3.91. The third-order valence-corrected chi connectivity index (χ3v) is 2.98. The molecule has 0 bridgehead atoms. The van der Waals surface area contributed by atoms with Gasteiger partial charge in [0.05, 0.1) is 0 Å². The smallest absolute Gasteiger partial charge is 0.320 e. The Kier molecular flexibility index (Phi) is 4.22. The topological polar surface area (TPSA) is 49.3 Å². The molecule has 13 heavy (non-hydrogen) atoms. The first-order valence-corrected chi connectivity index (χ1v) is 5.14. The molecule has 3 nitrogen and oxygen atoms in total. The summed E-state index contributed by atoms with van der Waals surface area (Å²) in [6.07, 6.45) is 7.12. The van der Waals surface area contributed by atoms with Gasteiger partial charge in [0.15, 0.2) is 0 Å². The maximum Gasteiger partial charge on any atom is 0.320 e. The summed E-state index contributed by atoms with van der Waals surface area (Å²) in [7, 11) is 1.72. The van der Waals surface area contributed by atoms with Gasteiger partial charge in [0.2, 0.25) is 0 Å². The monoisotopic (exact) mass is 185 g/mol. The lowest BCUT2D eigenvalue weighted by molar-refractivity contribution is -0.139. The van der Waals surface area contributed by atoms with Crippen molar-refractivity contribution < 1.29 is 9.90 Å². The molecule has 0 radical (unpaired) electrons. The highest BCUT2D eigenvalue weighted by atomic mass is 16.4. The summed E-state index contributed by atoms with van der Waals surface area (Å²) >= 11 is 0. The fraction of sp³-hybridized carbons (Fsp3) is 0.900. The number of carbonyl (C=O) groups is 1. The Morgan fingerprint density at radius 1 is 1.54 bits per heavy atom. The molecule has 0 amide bonds. The van der Waals surface area contributed by atoms with Crippen molar-refractivity contribution in [3.8, 4) is 0 Å². The lowest BCUT2D eigenvalue weighted by atomic mass is 9.99. The zero-order valence-corrected chi connectivity index (χ0v) is 8.25. The van der Waals surface area contributed by atoms with E-state index in [1.54, 1.807) is 7.05 Å². The minimum Gasteiger partial charge on any atom is -0.480 e. The van der Waals surface area contributed by atoms with Gasteiger partial charge in [0, 0.05) is 0 Å². The zero-order chi connectivity index (χ0) is 9.68. The average molecular weight is 185 g/mol. The Labute approximate surface area is 79.5 Å². The molecule has 1 aliphatic carbocycles. The van der Waals surface area contributed by atoms with Gasteiger partial charge in [-0.05, 0) is 25.8 Å². The first-order valence-electron chi connectivity index (χ1n) is 5.14. The minimum absolute atomic E-state index is 0.347. The van der Waals surface area contributed by atoms with Crippen LogP contribution in [0.5, 0.6) is 0 Å². The van der Waals surface area contributed by atoms with Gasteiger partial charge < -0.3 is 10.4 Å². The van der Waals surface area contributed by atoms with E-state index in [0.29, 0.717) is 0 Å². The van der Waals surface area contributed by atoms with Crippen molar-refractivity contribution in [1.29, 1.82) is 0 Å². The molecule has 0 saturated heterocycles. The molecule has 1 fully saturated rings. The normalized spacial score (nSPS) is 20.4. The number of aliphatic carboxylic acids is 1. The number of hydrogen-bond acceptors (Lipinski definition) is 2. The van der Waals surface area contributed by atoms with Crippen LogP contribution >= 0.6 is 0 Å². The number of rotatable bonds is 5. The molecular formula is C10H19NO2. The van der Waals surface area contributed by atoms with Gasteiger partial charge in [-0.25, -0.2) is 0 Å². The van der Waals surface area contributed by atoms with Crippen molar-refractivity contribution in [1.82, 2.24) is 5.32 Å². The Balaban J connectivity index is 2.18. The maximum atomic E-state index is 10.7. The molecular weight excluding hydrogens is 166 g/mol. The predicted octanol–water partition coefficient (Wildman–Crippen LogP) is 1.63. The second kappa shape index (κ2) is 5.22. The van der Waals surface area contributed by atoms with Gasteiger partial charge in [0.25, 0.3) is 0 Å². The van der Waals surface area contributed by atoms with Crippen molar-refractivity contribution in [3.05, 3.63) is 0 Å². The summed E-state index contributed by atoms with van der Waals surface area (Å²) in [4.78, 5) is 10.7. The van der Waals surface area contributed by atoms with E-state index >= 15 is 0 Å². The summed E-state index contributed by atoms with van der Waals surface area (Å²) in [5, 5.41) is 11.6. The van der Waals surface area contributed by atoms with Crippen LogP contribution in [0, 0.1) is 5.92 Å². The molecule has 1 aliphatic rings. The number of hydrogen-bond donors (Lipinski definition) is 2. The molecule has 0 aliphatic heterocycles. The fourth-order valence-corrected chi connectivity index (χ4v) is 2.09. The Morgan fingerprint density at radius 2 is 2.15 bits per heavy atom. The van der Waals surface area contributed by atoms with Crippen LogP contribution in [0.25, 0.3) is 0 Å². The van der Waals surface area contributed by atoms with E-state index in [4.69, 9.17) is 5.11 Å². The lowest BCUT2D eigenvalue weighted by Gasteiger charge is -2.13. The fourth-order valence-electron chi connectivity index (χ4n) is 2.09. The van der Waals surface area contributed by atoms with E-state index < -0.39 is 5.97 Å². The third kappa shape index (κ3) is 3.35. The van der Waals surface area contributed by atoms with Crippen LogP contribution in [0.15, 0.2) is 0 Å². The summed E-state index contributed by atoms with van der Waals surface area (Å²) in [5.41, 5.74) is 0. The van der Waals surface area contributed by atoms with Gasteiger partial charge in [-0.15, -0.1) is 0 Å². The van der Waals surface area contributed by atoms with Crippen LogP contribution in [0.1, 0.15) is 38.5 Å². The zero-order valence-electron chi connectivity index (χ0n) is 8.25. The quantitative estimate of drug-likeness (QED) is 0.684. The van der Waals surface area contributed by atoms with Gasteiger partial charge in [0.1, 0.15) is 6.04 Å². The van der Waals surface area contributed by atoms with Crippen LogP contribution in [0.3, 0.4) is 0 Å². The van der Waals surface area contributed by atoms with Gasteiger partial charge in [-0.2, -0.15) is 0 Å². The van der Waals surface area contributed by atoms with Crippen LogP contribution in [0.2, 0.25) is 0 Å². The summed E-state index contributed by atoms with van der Waals surface area (Å²) in [6.45, 7) is 0. The third-order valence-electron chi connectivity index (χ3n) is 2.98. The molecule has 0 spiro atoms. The summed E-state index contributed by atoms with van der Waals surface area (Å²) in [5.74, 6) is 0.0655. The van der Waals surface area contributed by atoms with Crippen molar-refractivity contribution in [2.75, 3.05) is 7.05 Å². The second-order valence-corrected chi connectivity index (χ2v) is 3.91. The Morgan fingerprint density at radius 3 is 2.62 bits per heavy atom. The molecule has 1 rings (SSSR count). The molecule has 3 heteroatoms. The van der Waals surface area contributed by atoms with Crippen molar-refractivity contribution in [2.24, 2.45) is 5.92 Å². The first-order chi connectivity index (χ1) is 6.24. The Hall–Kier alpha value is -0.570. The van der Waals surface area contributed by atoms with E-state index in [2.05, 4.69) is 5.32 Å². The molecule has 0 unspecified atom stereocenters. The summed E-state index contributed by atoms with van der Waals surface area (Å²) in [6, 6.07) is -0.347. The van der Waals surface area contributed by atoms with Crippen molar-refractivity contribution in [3.63, 3.8) is 0 Å². The number of carboxylic acid groups (broad SMARTS) is 1. The number of carboxylic acids is 1. The molecule has 1 atom stereocenters. The number of nitrogens with one attached hydrogen (secondary N) is 1. The lowest BCUT2D eigenvalue weighted by Crippen LogP contribution is -2.34. The highest BCUT2D eigenvalue weighted by molar-refractivity contribution is 5.73. The molecule has 2 N–H and O–H groups in total. The van der Waals surface area contributed by atoms with Crippen LogP contribution in [-0.2, 0) is 4.79 Å². The van der Waals surface area contributed by atoms with E-state index in [1.807, 2.05) is 0 Å². The van der Waals surface area contributed by atoms with E-state index in [1.165, 1.54) is 25.7 Å². The summed E-state index contributed by atoms with van der Waals surface area (Å²) < 4.78 is 0. The standard InChI is InChI=1S/C10H19NO2/c1-11-9(10(12)13)7-6-8-4-2-3-5-8/h8-9,11H,2-7H2,1H3,(H,12,13)/t9-/m1/s1. The molecule has 76 valence electrons. The van der Waals surface area contributed by atoms with Crippen LogP contribution < -0.4 is 5.32 Å². The van der Waals surface area contributed by atoms with Crippen molar-refractivity contribution >= 4 is 5.97 Å².